The van der Waals surface area contributed by atoms with E-state index in [9.17, 15) is 14.4 Å². The molecule has 7 nitrogen and oxygen atoms in total. The molecule has 7 heteroatoms. The third-order valence-corrected chi connectivity index (χ3v) is 5.51. The summed E-state index contributed by atoms with van der Waals surface area (Å²) in [6.07, 6.45) is 2.47. The number of likely N-dealkylation sites (N-methyl/N-ethyl adjacent to an activating group) is 1. The van der Waals surface area contributed by atoms with Gasteiger partial charge in [-0.3, -0.25) is 14.4 Å². The van der Waals surface area contributed by atoms with Gasteiger partial charge in [-0.25, -0.2) is 0 Å². The fraction of sp³-hybridized carbons (Fsp3) is 0.409. The molecule has 154 valence electrons. The number of piperidine rings is 1. The van der Waals surface area contributed by atoms with Crippen LogP contribution in [-0.4, -0.2) is 54.3 Å². The van der Waals surface area contributed by atoms with E-state index in [1.165, 1.54) is 11.8 Å². The van der Waals surface area contributed by atoms with Crippen LogP contribution in [0.5, 0.6) is 0 Å². The number of ether oxygens (including phenoxy) is 1. The SMILES string of the molecule is CC(=O)N1CCC(C(=O)OCC(=O)N(C)Cc2ccco2)(c2ccccc2)CC1. The van der Waals surface area contributed by atoms with E-state index < -0.39 is 11.4 Å². The molecule has 0 bridgehead atoms. The summed E-state index contributed by atoms with van der Waals surface area (Å²) in [6.45, 7) is 2.46. The van der Waals surface area contributed by atoms with Crippen molar-refractivity contribution in [2.75, 3.05) is 26.7 Å². The predicted molar refractivity (Wildman–Crippen MR) is 106 cm³/mol. The number of hydrogen-bond acceptors (Lipinski definition) is 5. The Morgan fingerprint density at radius 2 is 1.79 bits per heavy atom. The van der Waals surface area contributed by atoms with Crippen molar-refractivity contribution in [2.45, 2.75) is 31.7 Å². The molecular formula is C22H26N2O5. The van der Waals surface area contributed by atoms with Gasteiger partial charge in [0.15, 0.2) is 6.61 Å². The highest BCUT2D eigenvalue weighted by Crippen LogP contribution is 2.37. The van der Waals surface area contributed by atoms with E-state index in [1.807, 2.05) is 30.3 Å². The van der Waals surface area contributed by atoms with Crippen LogP contribution < -0.4 is 0 Å². The average Bonchev–Trinajstić information content (AvgIpc) is 3.25. The van der Waals surface area contributed by atoms with Crippen molar-refractivity contribution in [2.24, 2.45) is 0 Å². The minimum Gasteiger partial charge on any atom is -0.467 e. The van der Waals surface area contributed by atoms with Gasteiger partial charge in [-0.2, -0.15) is 0 Å². The molecule has 1 aliphatic heterocycles. The number of carbonyl (C=O) groups excluding carboxylic acids is 3. The zero-order chi connectivity index (χ0) is 20.9. The Morgan fingerprint density at radius 3 is 2.38 bits per heavy atom. The smallest absolute Gasteiger partial charge is 0.317 e. The van der Waals surface area contributed by atoms with Crippen LogP contribution in [0.15, 0.2) is 53.1 Å². The van der Waals surface area contributed by atoms with Crippen molar-refractivity contribution in [3.8, 4) is 0 Å². The Hall–Kier alpha value is -3.09. The minimum atomic E-state index is -0.854. The highest BCUT2D eigenvalue weighted by Gasteiger charge is 2.45. The number of rotatable bonds is 6. The first-order valence-corrected chi connectivity index (χ1v) is 9.67. The molecule has 0 atom stereocenters. The summed E-state index contributed by atoms with van der Waals surface area (Å²) < 4.78 is 10.7. The molecule has 0 unspecified atom stereocenters. The van der Waals surface area contributed by atoms with Gasteiger partial charge in [0, 0.05) is 27.1 Å². The fourth-order valence-electron chi connectivity index (χ4n) is 3.67. The molecule has 1 saturated heterocycles. The lowest BCUT2D eigenvalue weighted by molar-refractivity contribution is -0.159. The van der Waals surface area contributed by atoms with E-state index in [0.717, 1.165) is 5.56 Å². The number of esters is 1. The van der Waals surface area contributed by atoms with Gasteiger partial charge in [0.05, 0.1) is 18.2 Å². The van der Waals surface area contributed by atoms with Crippen LogP contribution in [0.25, 0.3) is 0 Å². The van der Waals surface area contributed by atoms with Crippen molar-refractivity contribution in [1.29, 1.82) is 0 Å². The van der Waals surface area contributed by atoms with Crippen molar-refractivity contribution in [3.63, 3.8) is 0 Å². The van der Waals surface area contributed by atoms with Gasteiger partial charge >= 0.3 is 5.97 Å². The molecule has 1 aliphatic rings. The van der Waals surface area contributed by atoms with Gasteiger partial charge in [-0.05, 0) is 30.5 Å². The van der Waals surface area contributed by atoms with Crippen molar-refractivity contribution < 1.29 is 23.5 Å². The first kappa shape index (κ1) is 20.6. The van der Waals surface area contributed by atoms with Gasteiger partial charge < -0.3 is 19.0 Å². The minimum absolute atomic E-state index is 0.00485. The van der Waals surface area contributed by atoms with Gasteiger partial charge in [0.2, 0.25) is 5.91 Å². The van der Waals surface area contributed by atoms with Gasteiger partial charge in [-0.15, -0.1) is 0 Å². The Morgan fingerprint density at radius 1 is 1.10 bits per heavy atom. The molecule has 0 aliphatic carbocycles. The molecule has 2 amide bonds. The summed E-state index contributed by atoms with van der Waals surface area (Å²) in [5.74, 6) is -0.0786. The number of carbonyl (C=O) groups is 3. The van der Waals surface area contributed by atoms with Crippen LogP contribution in [0.1, 0.15) is 31.1 Å². The molecule has 3 rings (SSSR count). The third-order valence-electron chi connectivity index (χ3n) is 5.51. The summed E-state index contributed by atoms with van der Waals surface area (Å²) in [5.41, 5.74) is -0.00262. The Bertz CT molecular complexity index is 839. The quantitative estimate of drug-likeness (QED) is 0.698. The van der Waals surface area contributed by atoms with Crippen molar-refractivity contribution >= 4 is 17.8 Å². The van der Waals surface area contributed by atoms with E-state index in [0.29, 0.717) is 38.2 Å². The molecule has 1 aromatic carbocycles. The van der Waals surface area contributed by atoms with Crippen LogP contribution in [0.4, 0.5) is 0 Å². The maximum Gasteiger partial charge on any atom is 0.317 e. The summed E-state index contributed by atoms with van der Waals surface area (Å²) in [5, 5.41) is 0. The molecule has 0 radical (unpaired) electrons. The fourth-order valence-corrected chi connectivity index (χ4v) is 3.67. The second kappa shape index (κ2) is 8.94. The molecule has 1 aromatic heterocycles. The number of likely N-dealkylation sites (tertiary alicyclic amines) is 1. The van der Waals surface area contributed by atoms with Crippen LogP contribution in [0, 0.1) is 0 Å². The Balaban J connectivity index is 1.67. The molecule has 0 N–H and O–H groups in total. The second-order valence-electron chi connectivity index (χ2n) is 7.36. The molecule has 2 aromatic rings. The standard InChI is InChI=1S/C22H26N2O5/c1-17(25)24-12-10-22(11-13-24,18-7-4-3-5-8-18)21(27)29-16-20(26)23(2)15-19-9-6-14-28-19/h3-9,14H,10-13,15-16H2,1-2H3. The van der Waals surface area contributed by atoms with E-state index in [2.05, 4.69) is 0 Å². The molecule has 0 spiro atoms. The topological polar surface area (TPSA) is 80.1 Å². The molecule has 2 heterocycles. The van der Waals surface area contributed by atoms with Crippen molar-refractivity contribution in [3.05, 3.63) is 60.1 Å². The lowest BCUT2D eigenvalue weighted by atomic mass is 9.72. The molecule has 1 fully saturated rings. The monoisotopic (exact) mass is 398 g/mol. The zero-order valence-corrected chi connectivity index (χ0v) is 16.8. The Kier molecular flexibility index (Phi) is 6.36. The molecule has 0 saturated carbocycles. The summed E-state index contributed by atoms with van der Waals surface area (Å²) >= 11 is 0. The number of hydrogen-bond donors (Lipinski definition) is 0. The normalized spacial score (nSPS) is 15.6. The average molecular weight is 398 g/mol. The maximum absolute atomic E-state index is 13.1. The lowest BCUT2D eigenvalue weighted by Crippen LogP contribution is -2.49. The summed E-state index contributed by atoms with van der Waals surface area (Å²) in [4.78, 5) is 40.4. The first-order valence-electron chi connectivity index (χ1n) is 9.67. The van der Waals surface area contributed by atoms with Crippen LogP contribution in [-0.2, 0) is 31.1 Å². The summed E-state index contributed by atoms with van der Waals surface area (Å²) in [7, 11) is 1.64. The van der Waals surface area contributed by atoms with Crippen molar-refractivity contribution in [1.82, 2.24) is 9.80 Å². The molecule has 29 heavy (non-hydrogen) atoms. The van der Waals surface area contributed by atoms with Crippen LogP contribution >= 0.6 is 0 Å². The number of nitrogens with zero attached hydrogens (tertiary/aromatic N) is 2. The number of amides is 2. The largest absolute Gasteiger partial charge is 0.467 e. The Labute approximate surface area is 170 Å². The highest BCUT2D eigenvalue weighted by molar-refractivity contribution is 5.87. The maximum atomic E-state index is 13.1. The third kappa shape index (κ3) is 4.67. The second-order valence-corrected chi connectivity index (χ2v) is 7.36. The predicted octanol–water partition coefficient (Wildman–Crippen LogP) is 2.36. The molecular weight excluding hydrogens is 372 g/mol. The van der Waals surface area contributed by atoms with Crippen LogP contribution in [0.2, 0.25) is 0 Å². The first-order chi connectivity index (χ1) is 13.9. The zero-order valence-electron chi connectivity index (χ0n) is 16.8. The van der Waals surface area contributed by atoms with E-state index in [1.54, 1.807) is 30.3 Å². The lowest BCUT2D eigenvalue weighted by Gasteiger charge is -2.40. The van der Waals surface area contributed by atoms with Gasteiger partial charge in [-0.1, -0.05) is 30.3 Å². The van der Waals surface area contributed by atoms with E-state index in [-0.39, 0.29) is 18.4 Å². The van der Waals surface area contributed by atoms with E-state index in [4.69, 9.17) is 9.15 Å². The van der Waals surface area contributed by atoms with Gasteiger partial charge in [0.1, 0.15) is 5.76 Å². The highest BCUT2D eigenvalue weighted by atomic mass is 16.5. The number of benzene rings is 1. The van der Waals surface area contributed by atoms with Gasteiger partial charge in [0.25, 0.3) is 5.91 Å². The summed E-state index contributed by atoms with van der Waals surface area (Å²) in [6, 6.07) is 13.0. The van der Waals surface area contributed by atoms with Crippen LogP contribution in [0.3, 0.4) is 0 Å². The van der Waals surface area contributed by atoms with E-state index >= 15 is 0 Å². The number of furan rings is 1.